The van der Waals surface area contributed by atoms with Gasteiger partial charge in [0.1, 0.15) is 0 Å². The molecule has 0 amide bonds. The van der Waals surface area contributed by atoms with E-state index in [9.17, 15) is 0 Å². The van der Waals surface area contributed by atoms with Crippen LogP contribution in [0.4, 0.5) is 11.4 Å². The zero-order chi connectivity index (χ0) is 13.8. The first-order chi connectivity index (χ1) is 9.86. The minimum absolute atomic E-state index is 0.268. The number of hydrogen-bond donors (Lipinski definition) is 1. The van der Waals surface area contributed by atoms with Crippen molar-refractivity contribution in [3.63, 3.8) is 0 Å². The lowest BCUT2D eigenvalue weighted by Gasteiger charge is -2.36. The molecule has 0 saturated carbocycles. The van der Waals surface area contributed by atoms with E-state index in [1.54, 1.807) is 0 Å². The quantitative estimate of drug-likeness (QED) is 0.900. The maximum absolute atomic E-state index is 8.98. The lowest BCUT2D eigenvalue weighted by molar-refractivity contribution is 0.189. The van der Waals surface area contributed by atoms with Gasteiger partial charge in [0.15, 0.2) is 0 Å². The maximum Gasteiger partial charge on any atom is 0.0558 e. The summed E-state index contributed by atoms with van der Waals surface area (Å²) in [5.41, 5.74) is 2.70. The summed E-state index contributed by atoms with van der Waals surface area (Å²) in [5.74, 6) is 0. The van der Waals surface area contributed by atoms with Gasteiger partial charge < -0.3 is 14.9 Å². The van der Waals surface area contributed by atoms with Crippen molar-refractivity contribution in [2.24, 2.45) is 0 Å². The molecular weight excluding hydrogens is 250 g/mol. The van der Waals surface area contributed by atoms with Crippen LogP contribution in [0, 0.1) is 0 Å². The molecule has 0 unspecified atom stereocenters. The van der Waals surface area contributed by atoms with Gasteiger partial charge in [0.2, 0.25) is 0 Å². The van der Waals surface area contributed by atoms with Crippen LogP contribution in [0.5, 0.6) is 0 Å². The molecule has 0 aromatic heterocycles. The second-order valence-corrected chi connectivity index (χ2v) is 5.76. The van der Waals surface area contributed by atoms with Gasteiger partial charge in [0.25, 0.3) is 0 Å². The Bertz CT molecular complexity index is 406. The molecule has 1 aromatic carbocycles. The van der Waals surface area contributed by atoms with Gasteiger partial charge in [-0.25, -0.2) is 0 Å². The number of hydrogen-bond acceptors (Lipinski definition) is 4. The number of aliphatic hydroxyl groups excluding tert-OH is 1. The van der Waals surface area contributed by atoms with Crippen LogP contribution < -0.4 is 9.80 Å². The van der Waals surface area contributed by atoms with Gasteiger partial charge in [-0.15, -0.1) is 0 Å². The van der Waals surface area contributed by atoms with Crippen molar-refractivity contribution in [1.29, 1.82) is 0 Å². The lowest BCUT2D eigenvalue weighted by atomic mass is 10.2. The van der Waals surface area contributed by atoms with Crippen LogP contribution in [0.25, 0.3) is 0 Å². The van der Waals surface area contributed by atoms with E-state index in [0.717, 1.165) is 32.7 Å². The number of nitrogens with zero attached hydrogens (tertiary/aromatic N) is 3. The fraction of sp³-hybridized carbons (Fsp3) is 0.625. The standard InChI is InChI=1S/C16H25N3O/c20-14-13-17-9-11-19(12-10-17)16-5-3-15(4-6-16)18-7-1-2-8-18/h3-6,20H,1-2,7-14H2. The average molecular weight is 275 g/mol. The molecule has 20 heavy (non-hydrogen) atoms. The highest BCUT2D eigenvalue weighted by molar-refractivity contribution is 5.57. The molecule has 1 N–H and O–H groups in total. The van der Waals surface area contributed by atoms with E-state index in [1.807, 2.05) is 0 Å². The number of β-amino-alcohol motifs (C(OH)–C–C–N with tert-alkyl or cyclic N) is 1. The number of anilines is 2. The Kier molecular flexibility index (Phi) is 4.43. The highest BCUT2D eigenvalue weighted by Crippen LogP contribution is 2.24. The monoisotopic (exact) mass is 275 g/mol. The molecule has 0 radical (unpaired) electrons. The van der Waals surface area contributed by atoms with Crippen LogP contribution in [0.1, 0.15) is 12.8 Å². The van der Waals surface area contributed by atoms with E-state index in [0.29, 0.717) is 0 Å². The van der Waals surface area contributed by atoms with Gasteiger partial charge in [-0.3, -0.25) is 4.90 Å². The Morgan fingerprint density at radius 1 is 0.750 bits per heavy atom. The van der Waals surface area contributed by atoms with E-state index in [4.69, 9.17) is 5.11 Å². The molecule has 3 rings (SSSR count). The average Bonchev–Trinajstić information content (AvgIpc) is 3.03. The largest absolute Gasteiger partial charge is 0.395 e. The van der Waals surface area contributed by atoms with Gasteiger partial charge in [0.05, 0.1) is 6.61 Å². The summed E-state index contributed by atoms with van der Waals surface area (Å²) in [4.78, 5) is 7.25. The van der Waals surface area contributed by atoms with Crippen LogP contribution in [-0.4, -0.2) is 62.4 Å². The van der Waals surface area contributed by atoms with E-state index in [1.165, 1.54) is 37.3 Å². The van der Waals surface area contributed by atoms with Crippen molar-refractivity contribution in [3.8, 4) is 0 Å². The topological polar surface area (TPSA) is 30.0 Å². The highest BCUT2D eigenvalue weighted by atomic mass is 16.3. The summed E-state index contributed by atoms with van der Waals surface area (Å²) in [7, 11) is 0. The van der Waals surface area contributed by atoms with Gasteiger partial charge in [0, 0.05) is 57.2 Å². The van der Waals surface area contributed by atoms with E-state index in [-0.39, 0.29) is 6.61 Å². The molecule has 2 aliphatic heterocycles. The molecule has 2 fully saturated rings. The van der Waals surface area contributed by atoms with Gasteiger partial charge in [-0.1, -0.05) is 0 Å². The predicted molar refractivity (Wildman–Crippen MR) is 83.6 cm³/mol. The SMILES string of the molecule is OCCN1CCN(c2ccc(N3CCCC3)cc2)CC1. The zero-order valence-corrected chi connectivity index (χ0v) is 12.2. The molecule has 110 valence electrons. The van der Waals surface area contributed by atoms with Crippen molar-refractivity contribution in [2.75, 3.05) is 62.2 Å². The minimum Gasteiger partial charge on any atom is -0.395 e. The molecule has 0 aliphatic carbocycles. The predicted octanol–water partition coefficient (Wildman–Crippen LogP) is 1.40. The van der Waals surface area contributed by atoms with Gasteiger partial charge in [-0.2, -0.15) is 0 Å². The smallest absolute Gasteiger partial charge is 0.0558 e. The third kappa shape index (κ3) is 3.07. The summed E-state index contributed by atoms with van der Waals surface area (Å²) in [6.45, 7) is 7.71. The fourth-order valence-electron chi connectivity index (χ4n) is 3.22. The zero-order valence-electron chi connectivity index (χ0n) is 12.2. The summed E-state index contributed by atoms with van der Waals surface area (Å²) >= 11 is 0. The second kappa shape index (κ2) is 6.46. The molecule has 0 atom stereocenters. The molecule has 2 saturated heterocycles. The number of benzene rings is 1. The molecule has 0 spiro atoms. The van der Waals surface area contributed by atoms with Crippen LogP contribution >= 0.6 is 0 Å². The van der Waals surface area contributed by atoms with Crippen molar-refractivity contribution in [2.45, 2.75) is 12.8 Å². The summed E-state index contributed by atoms with van der Waals surface area (Å²) < 4.78 is 0. The van der Waals surface area contributed by atoms with Crippen LogP contribution in [0.15, 0.2) is 24.3 Å². The summed E-state index contributed by atoms with van der Waals surface area (Å²) in [6, 6.07) is 9.05. The third-order valence-electron chi connectivity index (χ3n) is 4.47. The number of rotatable bonds is 4. The summed E-state index contributed by atoms with van der Waals surface area (Å²) in [5, 5.41) is 8.98. The van der Waals surface area contributed by atoms with E-state index in [2.05, 4.69) is 39.0 Å². The Morgan fingerprint density at radius 3 is 1.75 bits per heavy atom. The van der Waals surface area contributed by atoms with Gasteiger partial charge >= 0.3 is 0 Å². The molecular formula is C16H25N3O. The van der Waals surface area contributed by atoms with E-state index >= 15 is 0 Å². The normalized spacial score (nSPS) is 20.6. The highest BCUT2D eigenvalue weighted by Gasteiger charge is 2.17. The van der Waals surface area contributed by atoms with Crippen molar-refractivity contribution >= 4 is 11.4 Å². The Morgan fingerprint density at radius 2 is 1.25 bits per heavy atom. The summed E-state index contributed by atoms with van der Waals surface area (Å²) in [6.07, 6.45) is 2.66. The van der Waals surface area contributed by atoms with Gasteiger partial charge in [-0.05, 0) is 37.1 Å². The third-order valence-corrected chi connectivity index (χ3v) is 4.47. The molecule has 2 heterocycles. The Labute approximate surface area is 121 Å². The lowest BCUT2D eigenvalue weighted by Crippen LogP contribution is -2.47. The van der Waals surface area contributed by atoms with Crippen LogP contribution in [0.3, 0.4) is 0 Å². The van der Waals surface area contributed by atoms with Crippen LogP contribution in [0.2, 0.25) is 0 Å². The first-order valence-corrected chi connectivity index (χ1v) is 7.80. The molecule has 2 aliphatic rings. The molecule has 4 heteroatoms. The van der Waals surface area contributed by atoms with Crippen molar-refractivity contribution < 1.29 is 5.11 Å². The van der Waals surface area contributed by atoms with Crippen LogP contribution in [-0.2, 0) is 0 Å². The van der Waals surface area contributed by atoms with Crippen molar-refractivity contribution in [1.82, 2.24) is 4.90 Å². The second-order valence-electron chi connectivity index (χ2n) is 5.76. The minimum atomic E-state index is 0.268. The molecule has 1 aromatic rings. The Hall–Kier alpha value is -1.26. The first-order valence-electron chi connectivity index (χ1n) is 7.80. The van der Waals surface area contributed by atoms with Crippen molar-refractivity contribution in [3.05, 3.63) is 24.3 Å². The fourth-order valence-corrected chi connectivity index (χ4v) is 3.22. The number of aliphatic hydroxyl groups is 1. The van der Waals surface area contributed by atoms with E-state index < -0.39 is 0 Å². The Balaban J connectivity index is 1.58. The maximum atomic E-state index is 8.98. The first kappa shape index (κ1) is 13.7. The number of piperazine rings is 1. The molecule has 0 bridgehead atoms. The molecule has 4 nitrogen and oxygen atoms in total.